The van der Waals surface area contributed by atoms with E-state index >= 15 is 0 Å². The van der Waals surface area contributed by atoms with Crippen LogP contribution >= 0.6 is 11.3 Å². The molecule has 1 rings (SSSR count). The van der Waals surface area contributed by atoms with Crippen molar-refractivity contribution < 1.29 is 18.0 Å². The number of hydrogen-bond donors (Lipinski definition) is 2. The SMILES string of the molecule is CCC(NC(=O)CNCC(F)(F)F)c1cccs1. The molecule has 0 saturated carbocycles. The van der Waals surface area contributed by atoms with E-state index in [1.807, 2.05) is 24.4 Å². The highest BCUT2D eigenvalue weighted by Gasteiger charge is 2.26. The van der Waals surface area contributed by atoms with Crippen LogP contribution in [-0.2, 0) is 4.79 Å². The first kappa shape index (κ1) is 15.0. The number of hydrogen-bond acceptors (Lipinski definition) is 3. The summed E-state index contributed by atoms with van der Waals surface area (Å²) < 4.78 is 35.6. The third-order valence-electron chi connectivity index (χ3n) is 2.24. The minimum absolute atomic E-state index is 0.134. The van der Waals surface area contributed by atoms with E-state index in [-0.39, 0.29) is 12.6 Å². The number of alkyl halides is 3. The maximum atomic E-state index is 11.9. The van der Waals surface area contributed by atoms with Gasteiger partial charge in [0.05, 0.1) is 19.1 Å². The molecule has 1 heterocycles. The third-order valence-corrected chi connectivity index (χ3v) is 3.23. The number of carbonyl (C=O) groups excluding carboxylic acids is 1. The first-order valence-corrected chi connectivity index (χ1v) is 6.40. The normalized spacial score (nSPS) is 13.3. The highest BCUT2D eigenvalue weighted by atomic mass is 32.1. The molecule has 7 heteroatoms. The quantitative estimate of drug-likeness (QED) is 0.840. The van der Waals surface area contributed by atoms with Crippen molar-refractivity contribution >= 4 is 17.2 Å². The Labute approximate surface area is 107 Å². The van der Waals surface area contributed by atoms with Crippen LogP contribution in [0, 0.1) is 0 Å². The average Bonchev–Trinajstić information content (AvgIpc) is 2.77. The fraction of sp³-hybridized carbons (Fsp3) is 0.545. The first-order chi connectivity index (χ1) is 8.42. The monoisotopic (exact) mass is 280 g/mol. The molecule has 2 N–H and O–H groups in total. The summed E-state index contributed by atoms with van der Waals surface area (Å²) in [6.45, 7) is 0.422. The summed E-state index contributed by atoms with van der Waals surface area (Å²) in [5.41, 5.74) is 0. The second kappa shape index (κ2) is 6.75. The maximum Gasteiger partial charge on any atom is 0.401 e. The van der Waals surface area contributed by atoms with Gasteiger partial charge in [0.25, 0.3) is 0 Å². The second-order valence-electron chi connectivity index (χ2n) is 3.76. The molecular weight excluding hydrogens is 265 g/mol. The Hall–Kier alpha value is -1.08. The Morgan fingerprint density at radius 1 is 1.50 bits per heavy atom. The number of carbonyl (C=O) groups is 1. The van der Waals surface area contributed by atoms with Crippen molar-refractivity contribution in [3.8, 4) is 0 Å². The zero-order valence-electron chi connectivity index (χ0n) is 9.88. The summed E-state index contributed by atoms with van der Waals surface area (Å²) in [7, 11) is 0. The fourth-order valence-corrected chi connectivity index (χ4v) is 2.29. The van der Waals surface area contributed by atoms with Crippen LogP contribution in [0.3, 0.4) is 0 Å². The lowest BCUT2D eigenvalue weighted by molar-refractivity contribution is -0.128. The van der Waals surface area contributed by atoms with Gasteiger partial charge in [-0.15, -0.1) is 11.3 Å². The predicted molar refractivity (Wildman–Crippen MR) is 64.4 cm³/mol. The van der Waals surface area contributed by atoms with Crippen molar-refractivity contribution in [2.24, 2.45) is 0 Å². The molecule has 0 aliphatic rings. The number of amides is 1. The minimum atomic E-state index is -4.29. The van der Waals surface area contributed by atoms with Gasteiger partial charge in [-0.3, -0.25) is 4.79 Å². The molecular formula is C11H15F3N2OS. The van der Waals surface area contributed by atoms with Crippen molar-refractivity contribution in [1.82, 2.24) is 10.6 Å². The topological polar surface area (TPSA) is 41.1 Å². The average molecular weight is 280 g/mol. The van der Waals surface area contributed by atoms with Crippen LogP contribution in [0.25, 0.3) is 0 Å². The van der Waals surface area contributed by atoms with Gasteiger partial charge < -0.3 is 10.6 Å². The van der Waals surface area contributed by atoms with Crippen LogP contribution in [0.5, 0.6) is 0 Å². The molecule has 18 heavy (non-hydrogen) atoms. The van der Waals surface area contributed by atoms with E-state index in [4.69, 9.17) is 0 Å². The summed E-state index contributed by atoms with van der Waals surface area (Å²) in [5.74, 6) is -0.431. The highest BCUT2D eigenvalue weighted by molar-refractivity contribution is 7.10. The van der Waals surface area contributed by atoms with Crippen LogP contribution in [0.2, 0.25) is 0 Å². The summed E-state index contributed by atoms with van der Waals surface area (Å²) >= 11 is 1.51. The molecule has 0 aromatic carbocycles. The fourth-order valence-electron chi connectivity index (χ4n) is 1.43. The van der Waals surface area contributed by atoms with Crippen LogP contribution in [0.4, 0.5) is 13.2 Å². The Balaban J connectivity index is 2.35. The van der Waals surface area contributed by atoms with E-state index in [2.05, 4.69) is 10.6 Å². The lowest BCUT2D eigenvalue weighted by Gasteiger charge is -2.16. The van der Waals surface area contributed by atoms with E-state index < -0.39 is 18.6 Å². The van der Waals surface area contributed by atoms with Crippen molar-refractivity contribution in [2.75, 3.05) is 13.1 Å². The Morgan fingerprint density at radius 2 is 2.22 bits per heavy atom. The highest BCUT2D eigenvalue weighted by Crippen LogP contribution is 2.21. The molecule has 1 atom stereocenters. The van der Waals surface area contributed by atoms with E-state index in [9.17, 15) is 18.0 Å². The van der Waals surface area contributed by atoms with E-state index in [0.717, 1.165) is 4.88 Å². The molecule has 0 aliphatic heterocycles. The Morgan fingerprint density at radius 3 is 2.72 bits per heavy atom. The standard InChI is InChI=1S/C11H15F3N2OS/c1-2-8(9-4-3-5-18-9)16-10(17)6-15-7-11(12,13)14/h3-5,8,15H,2,6-7H2,1H3,(H,16,17). The van der Waals surface area contributed by atoms with Gasteiger partial charge in [-0.2, -0.15) is 13.2 Å². The first-order valence-electron chi connectivity index (χ1n) is 5.52. The molecule has 3 nitrogen and oxygen atoms in total. The number of halogens is 3. The van der Waals surface area contributed by atoms with Crippen molar-refractivity contribution in [3.05, 3.63) is 22.4 Å². The van der Waals surface area contributed by atoms with Gasteiger partial charge in [0.2, 0.25) is 5.91 Å². The second-order valence-corrected chi connectivity index (χ2v) is 4.74. The molecule has 0 radical (unpaired) electrons. The smallest absolute Gasteiger partial charge is 0.347 e. The molecule has 0 saturated heterocycles. The minimum Gasteiger partial charge on any atom is -0.347 e. The van der Waals surface area contributed by atoms with Crippen molar-refractivity contribution in [1.29, 1.82) is 0 Å². The zero-order valence-corrected chi connectivity index (χ0v) is 10.7. The van der Waals surface area contributed by atoms with Crippen LogP contribution in [0.1, 0.15) is 24.3 Å². The van der Waals surface area contributed by atoms with Gasteiger partial charge in [-0.05, 0) is 17.9 Å². The van der Waals surface area contributed by atoms with Crippen LogP contribution in [0.15, 0.2) is 17.5 Å². The lowest BCUT2D eigenvalue weighted by atomic mass is 10.2. The van der Waals surface area contributed by atoms with Crippen molar-refractivity contribution in [3.63, 3.8) is 0 Å². The van der Waals surface area contributed by atoms with Crippen molar-refractivity contribution in [2.45, 2.75) is 25.6 Å². The summed E-state index contributed by atoms with van der Waals surface area (Å²) in [6.07, 6.45) is -3.59. The molecule has 1 unspecified atom stereocenters. The van der Waals surface area contributed by atoms with Gasteiger partial charge >= 0.3 is 6.18 Å². The van der Waals surface area contributed by atoms with E-state index in [1.165, 1.54) is 11.3 Å². The maximum absolute atomic E-state index is 11.9. The Bertz CT molecular complexity index is 365. The van der Waals surface area contributed by atoms with Gasteiger partial charge in [0.1, 0.15) is 0 Å². The molecule has 0 fully saturated rings. The number of thiophene rings is 1. The van der Waals surface area contributed by atoms with Gasteiger partial charge in [0, 0.05) is 4.88 Å². The van der Waals surface area contributed by atoms with E-state index in [0.29, 0.717) is 6.42 Å². The lowest BCUT2D eigenvalue weighted by Crippen LogP contribution is -2.39. The zero-order chi connectivity index (χ0) is 13.6. The number of rotatable bonds is 6. The van der Waals surface area contributed by atoms with Gasteiger partial charge in [-0.25, -0.2) is 0 Å². The molecule has 0 bridgehead atoms. The molecule has 102 valence electrons. The summed E-state index contributed by atoms with van der Waals surface area (Å²) in [5, 5.41) is 6.66. The van der Waals surface area contributed by atoms with Crippen LogP contribution < -0.4 is 10.6 Å². The molecule has 1 aromatic rings. The van der Waals surface area contributed by atoms with Gasteiger partial charge in [-0.1, -0.05) is 13.0 Å². The molecule has 1 amide bonds. The Kier molecular flexibility index (Phi) is 5.61. The largest absolute Gasteiger partial charge is 0.401 e. The molecule has 0 spiro atoms. The molecule has 0 aliphatic carbocycles. The predicted octanol–water partition coefficient (Wildman–Crippen LogP) is 2.47. The third kappa shape index (κ3) is 5.50. The van der Waals surface area contributed by atoms with Crippen LogP contribution in [-0.4, -0.2) is 25.2 Å². The summed E-state index contributed by atoms with van der Waals surface area (Å²) in [4.78, 5) is 12.5. The molecule has 1 aromatic heterocycles. The summed E-state index contributed by atoms with van der Waals surface area (Å²) in [6, 6.07) is 3.63. The van der Waals surface area contributed by atoms with E-state index in [1.54, 1.807) is 0 Å². The number of nitrogens with one attached hydrogen (secondary N) is 2. The van der Waals surface area contributed by atoms with Gasteiger partial charge in [0.15, 0.2) is 0 Å².